The molecule has 4 rings (SSSR count). The lowest BCUT2D eigenvalue weighted by atomic mass is 9.76. The maximum absolute atomic E-state index is 12.6. The van der Waals surface area contributed by atoms with Crippen LogP contribution in [0.25, 0.3) is 10.8 Å². The van der Waals surface area contributed by atoms with E-state index in [1.807, 2.05) is 42.5 Å². The van der Waals surface area contributed by atoms with Gasteiger partial charge < -0.3 is 15.3 Å². The largest absolute Gasteiger partial charge is 0.480 e. The van der Waals surface area contributed by atoms with Crippen molar-refractivity contribution in [1.82, 2.24) is 5.32 Å². The van der Waals surface area contributed by atoms with Gasteiger partial charge in [-0.3, -0.25) is 9.59 Å². The number of carboxylic acids is 1. The Morgan fingerprint density at radius 3 is 2.54 bits per heavy atom. The van der Waals surface area contributed by atoms with Gasteiger partial charge in [0.05, 0.1) is 11.6 Å². The molecule has 2 N–H and O–H groups in total. The van der Waals surface area contributed by atoms with Crippen molar-refractivity contribution in [2.24, 2.45) is 5.92 Å². The van der Waals surface area contributed by atoms with E-state index < -0.39 is 17.4 Å². The molecule has 1 saturated carbocycles. The summed E-state index contributed by atoms with van der Waals surface area (Å²) in [6, 6.07) is 13.6. The van der Waals surface area contributed by atoms with Crippen molar-refractivity contribution in [1.29, 1.82) is 0 Å². The zero-order valence-corrected chi connectivity index (χ0v) is 14.3. The van der Waals surface area contributed by atoms with E-state index in [0.717, 1.165) is 22.9 Å². The maximum Gasteiger partial charge on any atom is 0.329 e. The van der Waals surface area contributed by atoms with Crippen LogP contribution in [0.3, 0.4) is 0 Å². The van der Waals surface area contributed by atoms with Crippen LogP contribution >= 0.6 is 0 Å². The Morgan fingerprint density at radius 1 is 1.12 bits per heavy atom. The molecule has 0 aromatic heterocycles. The van der Waals surface area contributed by atoms with Gasteiger partial charge in [0.2, 0.25) is 11.8 Å². The van der Waals surface area contributed by atoms with Crippen LogP contribution in [-0.4, -0.2) is 35.0 Å². The smallest absolute Gasteiger partial charge is 0.329 e. The number of hydrogen-bond donors (Lipinski definition) is 2. The highest BCUT2D eigenvalue weighted by Crippen LogP contribution is 2.35. The number of aliphatic carboxylic acids is 1. The third-order valence-corrected chi connectivity index (χ3v) is 5.53. The molecular weight excluding hydrogens is 332 g/mol. The number of carboxylic acid groups (broad SMARTS) is 1. The second kappa shape index (κ2) is 6.12. The first kappa shape index (κ1) is 16.6. The first-order valence-electron chi connectivity index (χ1n) is 8.84. The molecular formula is C20H20N2O4. The molecule has 1 saturated heterocycles. The highest BCUT2D eigenvalue weighted by molar-refractivity contribution is 6.07. The first-order chi connectivity index (χ1) is 12.5. The van der Waals surface area contributed by atoms with Crippen molar-refractivity contribution in [2.75, 3.05) is 11.4 Å². The molecule has 1 aliphatic heterocycles. The van der Waals surface area contributed by atoms with Crippen molar-refractivity contribution in [2.45, 2.75) is 31.2 Å². The highest BCUT2D eigenvalue weighted by Gasteiger charge is 2.47. The molecule has 2 aliphatic rings. The molecule has 2 aromatic rings. The predicted octanol–water partition coefficient (Wildman–Crippen LogP) is 2.32. The highest BCUT2D eigenvalue weighted by atomic mass is 16.4. The third-order valence-electron chi connectivity index (χ3n) is 5.53. The van der Waals surface area contributed by atoms with E-state index in [9.17, 15) is 19.5 Å². The maximum atomic E-state index is 12.6. The number of carbonyl (C=O) groups is 3. The quantitative estimate of drug-likeness (QED) is 0.884. The van der Waals surface area contributed by atoms with E-state index in [2.05, 4.69) is 5.32 Å². The van der Waals surface area contributed by atoms with Gasteiger partial charge in [-0.05, 0) is 30.7 Å². The van der Waals surface area contributed by atoms with Crippen molar-refractivity contribution in [3.63, 3.8) is 0 Å². The minimum atomic E-state index is -1.15. The lowest BCUT2D eigenvalue weighted by molar-refractivity contribution is -0.152. The molecule has 6 heteroatoms. The summed E-state index contributed by atoms with van der Waals surface area (Å²) in [5, 5.41) is 14.1. The van der Waals surface area contributed by atoms with Gasteiger partial charge in [0.15, 0.2) is 0 Å². The van der Waals surface area contributed by atoms with E-state index in [1.165, 1.54) is 0 Å². The van der Waals surface area contributed by atoms with Crippen molar-refractivity contribution in [3.05, 3.63) is 42.5 Å². The van der Waals surface area contributed by atoms with E-state index in [0.29, 0.717) is 12.8 Å². The van der Waals surface area contributed by atoms with Crippen LogP contribution < -0.4 is 10.2 Å². The molecule has 6 nitrogen and oxygen atoms in total. The fourth-order valence-electron chi connectivity index (χ4n) is 3.82. The lowest BCUT2D eigenvalue weighted by Crippen LogP contribution is -2.60. The van der Waals surface area contributed by atoms with Gasteiger partial charge in [0.25, 0.3) is 0 Å². The number of carbonyl (C=O) groups excluding carboxylic acids is 2. The van der Waals surface area contributed by atoms with E-state index in [4.69, 9.17) is 0 Å². The summed E-state index contributed by atoms with van der Waals surface area (Å²) in [6.07, 6.45) is 1.78. The molecule has 2 fully saturated rings. The van der Waals surface area contributed by atoms with E-state index >= 15 is 0 Å². The molecule has 0 bridgehead atoms. The summed E-state index contributed by atoms with van der Waals surface area (Å²) in [7, 11) is 0. The van der Waals surface area contributed by atoms with Crippen LogP contribution in [0.5, 0.6) is 0 Å². The van der Waals surface area contributed by atoms with Crippen molar-refractivity contribution >= 4 is 34.2 Å². The number of benzene rings is 2. The van der Waals surface area contributed by atoms with Crippen molar-refractivity contribution in [3.8, 4) is 0 Å². The van der Waals surface area contributed by atoms with Crippen LogP contribution in [0.2, 0.25) is 0 Å². The van der Waals surface area contributed by atoms with Gasteiger partial charge in [0, 0.05) is 18.4 Å². The second-order valence-corrected chi connectivity index (χ2v) is 7.13. The van der Waals surface area contributed by atoms with E-state index in [-0.39, 0.29) is 24.8 Å². The summed E-state index contributed by atoms with van der Waals surface area (Å²) in [5.74, 6) is -1.98. The molecule has 0 spiro atoms. The summed E-state index contributed by atoms with van der Waals surface area (Å²) < 4.78 is 0. The molecule has 1 unspecified atom stereocenters. The summed E-state index contributed by atoms with van der Waals surface area (Å²) in [5.41, 5.74) is -0.354. The molecule has 134 valence electrons. The lowest BCUT2D eigenvalue weighted by Gasteiger charge is -2.38. The number of anilines is 1. The van der Waals surface area contributed by atoms with Gasteiger partial charge in [-0.1, -0.05) is 36.4 Å². The number of nitrogens with zero attached hydrogens (tertiary/aromatic N) is 1. The Labute approximate surface area is 150 Å². The fraction of sp³-hybridized carbons (Fsp3) is 0.350. The van der Waals surface area contributed by atoms with Gasteiger partial charge in [-0.2, -0.15) is 0 Å². The Hall–Kier alpha value is -2.89. The molecule has 26 heavy (non-hydrogen) atoms. The number of nitrogens with one attached hydrogen (secondary N) is 1. The minimum absolute atomic E-state index is 0.102. The second-order valence-electron chi connectivity index (χ2n) is 7.13. The molecule has 1 atom stereocenters. The van der Waals surface area contributed by atoms with Crippen LogP contribution in [-0.2, 0) is 14.4 Å². The van der Waals surface area contributed by atoms with Crippen LogP contribution in [0.4, 0.5) is 5.69 Å². The van der Waals surface area contributed by atoms with Crippen molar-refractivity contribution < 1.29 is 19.5 Å². The molecule has 2 amide bonds. The summed E-state index contributed by atoms with van der Waals surface area (Å²) in [6.45, 7) is 0.272. The van der Waals surface area contributed by atoms with Crippen LogP contribution in [0.1, 0.15) is 25.7 Å². The topological polar surface area (TPSA) is 86.7 Å². The van der Waals surface area contributed by atoms with Crippen LogP contribution in [0, 0.1) is 5.92 Å². The minimum Gasteiger partial charge on any atom is -0.480 e. The standard InChI is InChI=1S/C20H20N2O4/c23-17-11-14(18(24)21-20(19(25)26)9-4-10-20)12-22(17)16-8-3-6-13-5-1-2-7-15(13)16/h1-3,5-8,14H,4,9-12H2,(H,21,24)(H,25,26). The average molecular weight is 352 g/mol. The molecule has 2 aromatic carbocycles. The van der Waals surface area contributed by atoms with Gasteiger partial charge in [-0.15, -0.1) is 0 Å². The number of hydrogen-bond acceptors (Lipinski definition) is 3. The van der Waals surface area contributed by atoms with Crippen LogP contribution in [0.15, 0.2) is 42.5 Å². The first-order valence-corrected chi connectivity index (χ1v) is 8.84. The SMILES string of the molecule is O=C(NC1(C(=O)O)CCC1)C1CC(=O)N(c2cccc3ccccc23)C1. The number of rotatable bonds is 4. The zero-order valence-electron chi connectivity index (χ0n) is 14.3. The van der Waals surface area contributed by atoms with E-state index in [1.54, 1.807) is 4.90 Å². The zero-order chi connectivity index (χ0) is 18.3. The normalized spacial score (nSPS) is 21.5. The summed E-state index contributed by atoms with van der Waals surface area (Å²) >= 11 is 0. The van der Waals surface area contributed by atoms with Gasteiger partial charge >= 0.3 is 5.97 Å². The Morgan fingerprint density at radius 2 is 1.85 bits per heavy atom. The number of fused-ring (bicyclic) bond motifs is 1. The average Bonchev–Trinajstić information content (AvgIpc) is 2.99. The van der Waals surface area contributed by atoms with Gasteiger partial charge in [0.1, 0.15) is 5.54 Å². The Bertz CT molecular complexity index is 898. The Kier molecular flexibility index (Phi) is 3.90. The molecule has 0 radical (unpaired) electrons. The molecule has 1 heterocycles. The third kappa shape index (κ3) is 2.62. The molecule has 1 aliphatic carbocycles. The monoisotopic (exact) mass is 352 g/mol. The summed E-state index contributed by atoms with van der Waals surface area (Å²) in [4.78, 5) is 38.2. The Balaban J connectivity index is 1.55. The predicted molar refractivity (Wildman–Crippen MR) is 96.8 cm³/mol. The van der Waals surface area contributed by atoms with Gasteiger partial charge in [-0.25, -0.2) is 4.79 Å². The fourth-order valence-corrected chi connectivity index (χ4v) is 3.82. The number of amides is 2.